The summed E-state index contributed by atoms with van der Waals surface area (Å²) in [7, 11) is 1.86. The van der Waals surface area contributed by atoms with Crippen molar-refractivity contribution in [2.45, 2.75) is 26.2 Å². The van der Waals surface area contributed by atoms with Gasteiger partial charge in [0.05, 0.1) is 23.7 Å². The Bertz CT molecular complexity index is 1210. The Balaban J connectivity index is 1.83. The molecule has 3 aromatic heterocycles. The van der Waals surface area contributed by atoms with Crippen molar-refractivity contribution < 1.29 is 9.53 Å². The van der Waals surface area contributed by atoms with Crippen LogP contribution < -0.4 is 0 Å². The van der Waals surface area contributed by atoms with Crippen LogP contribution in [0.15, 0.2) is 30.5 Å². The molecule has 0 aliphatic heterocycles. The molecule has 0 saturated heterocycles. The van der Waals surface area contributed by atoms with E-state index in [0.29, 0.717) is 17.4 Å². The SMILES string of the molecule is CCOC(=O)C(C)(C)c1cccc(-c2nc3c(ncc4nc(Cl)n(C)c43)s2)c1. The van der Waals surface area contributed by atoms with Gasteiger partial charge in [-0.1, -0.05) is 29.5 Å². The zero-order chi connectivity index (χ0) is 20.1. The molecule has 0 N–H and O–H groups in total. The third-order valence-corrected chi connectivity index (χ3v) is 6.17. The number of nitrogens with zero attached hydrogens (tertiary/aromatic N) is 4. The zero-order valence-electron chi connectivity index (χ0n) is 16.0. The van der Waals surface area contributed by atoms with Crippen LogP contribution in [0.3, 0.4) is 0 Å². The lowest BCUT2D eigenvalue weighted by Crippen LogP contribution is -2.31. The maximum atomic E-state index is 12.4. The molecule has 3 heterocycles. The number of hydrogen-bond donors (Lipinski definition) is 0. The van der Waals surface area contributed by atoms with E-state index < -0.39 is 5.41 Å². The van der Waals surface area contributed by atoms with Gasteiger partial charge in [-0.25, -0.2) is 15.0 Å². The fourth-order valence-corrected chi connectivity index (χ4v) is 4.21. The number of aryl methyl sites for hydroxylation is 1. The van der Waals surface area contributed by atoms with Gasteiger partial charge in [0, 0.05) is 12.6 Å². The molecule has 0 spiro atoms. The number of fused-ring (bicyclic) bond motifs is 3. The number of benzene rings is 1. The lowest BCUT2D eigenvalue weighted by molar-refractivity contribution is -0.148. The number of aromatic nitrogens is 4. The Morgan fingerprint density at radius 3 is 2.86 bits per heavy atom. The number of ether oxygens (including phenoxy) is 1. The summed E-state index contributed by atoms with van der Waals surface area (Å²) in [4.78, 5) is 26.8. The molecule has 4 rings (SSSR count). The molecule has 28 heavy (non-hydrogen) atoms. The zero-order valence-corrected chi connectivity index (χ0v) is 17.6. The molecule has 6 nitrogen and oxygen atoms in total. The van der Waals surface area contributed by atoms with E-state index in [-0.39, 0.29) is 5.97 Å². The number of pyridine rings is 1. The van der Waals surface area contributed by atoms with Gasteiger partial charge in [0.15, 0.2) is 0 Å². The molecule has 0 amide bonds. The fourth-order valence-electron chi connectivity index (χ4n) is 3.13. The molecule has 0 aliphatic rings. The van der Waals surface area contributed by atoms with Crippen molar-refractivity contribution in [1.82, 2.24) is 19.5 Å². The average Bonchev–Trinajstić information content (AvgIpc) is 3.23. The first kappa shape index (κ1) is 18.8. The lowest BCUT2D eigenvalue weighted by Gasteiger charge is -2.23. The van der Waals surface area contributed by atoms with Crippen molar-refractivity contribution in [3.8, 4) is 10.6 Å². The topological polar surface area (TPSA) is 69.9 Å². The van der Waals surface area contributed by atoms with Crippen molar-refractivity contribution in [2.24, 2.45) is 7.05 Å². The van der Waals surface area contributed by atoms with E-state index in [4.69, 9.17) is 21.3 Å². The minimum atomic E-state index is -0.746. The fraction of sp³-hybridized carbons (Fsp3) is 0.300. The van der Waals surface area contributed by atoms with E-state index in [2.05, 4.69) is 9.97 Å². The standard InChI is InChI=1S/C20H19ClN4O2S/c1-5-27-18(26)20(2,3)12-8-6-7-11(9-12)16-24-14-15-13(10-22-17(14)28-16)23-19(21)25(15)4/h6-10H,5H2,1-4H3. The van der Waals surface area contributed by atoms with Gasteiger partial charge in [0.2, 0.25) is 5.28 Å². The Morgan fingerprint density at radius 1 is 1.32 bits per heavy atom. The van der Waals surface area contributed by atoms with Crippen molar-refractivity contribution in [1.29, 1.82) is 0 Å². The van der Waals surface area contributed by atoms with Crippen LogP contribution in [-0.2, 0) is 22.0 Å². The first-order chi connectivity index (χ1) is 13.3. The van der Waals surface area contributed by atoms with Gasteiger partial charge < -0.3 is 9.30 Å². The molecule has 0 aliphatic carbocycles. The van der Waals surface area contributed by atoms with Crippen molar-refractivity contribution >= 4 is 50.3 Å². The second-order valence-electron chi connectivity index (χ2n) is 7.03. The molecular formula is C20H19ClN4O2S. The molecular weight excluding hydrogens is 396 g/mol. The highest BCUT2D eigenvalue weighted by atomic mass is 35.5. The van der Waals surface area contributed by atoms with Gasteiger partial charge in [0.1, 0.15) is 20.9 Å². The molecule has 1 aromatic carbocycles. The van der Waals surface area contributed by atoms with Crippen molar-refractivity contribution in [3.63, 3.8) is 0 Å². The molecule has 0 fully saturated rings. The smallest absolute Gasteiger partial charge is 0.315 e. The van der Waals surface area contributed by atoms with Crippen LogP contribution in [0.5, 0.6) is 0 Å². The first-order valence-corrected chi connectivity index (χ1v) is 10.1. The first-order valence-electron chi connectivity index (χ1n) is 8.88. The Kier molecular flexibility index (Phi) is 4.59. The van der Waals surface area contributed by atoms with Crippen LogP contribution in [-0.4, -0.2) is 32.1 Å². The van der Waals surface area contributed by atoms with Crippen LogP contribution in [0.4, 0.5) is 0 Å². The molecule has 8 heteroatoms. The number of halogens is 1. The molecule has 0 saturated carbocycles. The van der Waals surface area contributed by atoms with Crippen LogP contribution in [0.1, 0.15) is 26.3 Å². The second kappa shape index (κ2) is 6.83. The van der Waals surface area contributed by atoms with Gasteiger partial charge >= 0.3 is 5.97 Å². The van der Waals surface area contributed by atoms with Crippen molar-refractivity contribution in [2.75, 3.05) is 6.61 Å². The van der Waals surface area contributed by atoms with Gasteiger partial charge in [-0.2, -0.15) is 0 Å². The molecule has 0 radical (unpaired) electrons. The number of carbonyl (C=O) groups excluding carboxylic acids is 1. The van der Waals surface area contributed by atoms with E-state index >= 15 is 0 Å². The monoisotopic (exact) mass is 414 g/mol. The summed E-state index contributed by atoms with van der Waals surface area (Å²) in [6.45, 7) is 5.90. The predicted octanol–water partition coefficient (Wildman–Crippen LogP) is 4.74. The summed E-state index contributed by atoms with van der Waals surface area (Å²) in [5.41, 5.74) is 3.41. The molecule has 144 valence electrons. The largest absolute Gasteiger partial charge is 0.465 e. The van der Waals surface area contributed by atoms with Crippen LogP contribution in [0.25, 0.3) is 32.0 Å². The highest BCUT2D eigenvalue weighted by Gasteiger charge is 2.31. The maximum Gasteiger partial charge on any atom is 0.315 e. The number of esters is 1. The van der Waals surface area contributed by atoms with Gasteiger partial charge in [0.25, 0.3) is 0 Å². The molecule has 0 atom stereocenters. The van der Waals surface area contributed by atoms with Gasteiger partial charge in [-0.3, -0.25) is 4.79 Å². The number of carbonyl (C=O) groups is 1. The highest BCUT2D eigenvalue weighted by Crippen LogP contribution is 2.35. The molecule has 4 aromatic rings. The van der Waals surface area contributed by atoms with Crippen LogP contribution in [0.2, 0.25) is 5.28 Å². The van der Waals surface area contributed by atoms with E-state index in [1.54, 1.807) is 6.20 Å². The third kappa shape index (κ3) is 2.95. The Hall–Kier alpha value is -2.51. The molecule has 0 unspecified atom stereocenters. The number of hydrogen-bond acceptors (Lipinski definition) is 6. The summed E-state index contributed by atoms with van der Waals surface area (Å²) in [6, 6.07) is 7.84. The maximum absolute atomic E-state index is 12.4. The van der Waals surface area contributed by atoms with Crippen LogP contribution in [0, 0.1) is 0 Å². The van der Waals surface area contributed by atoms with E-state index in [1.807, 2.05) is 56.7 Å². The Labute approximate surface area is 171 Å². The number of thiazole rings is 1. The summed E-state index contributed by atoms with van der Waals surface area (Å²) in [6.07, 6.45) is 1.71. The minimum Gasteiger partial charge on any atom is -0.465 e. The predicted molar refractivity (Wildman–Crippen MR) is 112 cm³/mol. The second-order valence-corrected chi connectivity index (χ2v) is 8.35. The normalized spacial score (nSPS) is 12.0. The van der Waals surface area contributed by atoms with Gasteiger partial charge in [-0.05, 0) is 44.0 Å². The Morgan fingerprint density at radius 2 is 2.11 bits per heavy atom. The third-order valence-electron chi connectivity index (χ3n) is 4.82. The minimum absolute atomic E-state index is 0.246. The average molecular weight is 415 g/mol. The number of rotatable bonds is 4. The molecule has 0 bridgehead atoms. The van der Waals surface area contributed by atoms with E-state index in [0.717, 1.165) is 32.0 Å². The summed E-state index contributed by atoms with van der Waals surface area (Å²) < 4.78 is 7.04. The summed E-state index contributed by atoms with van der Waals surface area (Å²) in [5.74, 6) is -0.246. The quantitative estimate of drug-likeness (QED) is 0.451. The van der Waals surface area contributed by atoms with E-state index in [9.17, 15) is 4.79 Å². The van der Waals surface area contributed by atoms with Crippen molar-refractivity contribution in [3.05, 3.63) is 41.3 Å². The summed E-state index contributed by atoms with van der Waals surface area (Å²) in [5, 5.41) is 1.23. The van der Waals surface area contributed by atoms with Crippen LogP contribution >= 0.6 is 22.9 Å². The number of imidazole rings is 1. The van der Waals surface area contributed by atoms with Gasteiger partial charge in [-0.15, -0.1) is 0 Å². The summed E-state index contributed by atoms with van der Waals surface area (Å²) >= 11 is 7.66. The van der Waals surface area contributed by atoms with E-state index in [1.165, 1.54) is 11.3 Å². The lowest BCUT2D eigenvalue weighted by atomic mass is 9.84. The highest BCUT2D eigenvalue weighted by molar-refractivity contribution is 7.21.